The number of carboxylic acid groups (broad SMARTS) is 3. The number of aliphatic hydroxyl groups excluding tert-OH is 1. The summed E-state index contributed by atoms with van der Waals surface area (Å²) in [6.45, 7) is 47.9. The summed E-state index contributed by atoms with van der Waals surface area (Å²) in [4.78, 5) is 75.9. The lowest BCUT2D eigenvalue weighted by atomic mass is 9.32. The Kier molecular flexibility index (Phi) is 21.9. The van der Waals surface area contributed by atoms with Crippen molar-refractivity contribution in [2.24, 2.45) is 131 Å². The first-order chi connectivity index (χ1) is 44.5. The molecule has 10 aliphatic carbocycles. The van der Waals surface area contributed by atoms with Crippen LogP contribution in [0.1, 0.15) is 304 Å². The molecule has 22 atom stereocenters. The Bertz CT molecular complexity index is 2930. The third-order valence-electron chi connectivity index (χ3n) is 32.5. The number of carbonyl (C=O) groups excluding carboxylic acids is 3. The summed E-state index contributed by atoms with van der Waals surface area (Å²) in [5.41, 5.74) is 1.14. The molecule has 10 fully saturated rings. The first kappa shape index (κ1) is 76.4. The van der Waals surface area contributed by atoms with E-state index in [2.05, 4.69) is 121 Å². The number of carboxylic acids is 3. The molecule has 0 bridgehead atoms. The van der Waals surface area contributed by atoms with Gasteiger partial charge in [0, 0.05) is 30.8 Å². The average molecular weight is 1340 g/mol. The highest BCUT2D eigenvalue weighted by Gasteiger charge is 2.74. The smallest absolute Gasteiger partial charge is 0.309 e. The third kappa shape index (κ3) is 12.9. The number of hydrogen-bond acceptors (Lipinski definition) is 8. The van der Waals surface area contributed by atoms with Crippen LogP contribution in [0.15, 0.2) is 24.3 Å². The molecule has 96 heavy (non-hydrogen) atoms. The molecule has 10 saturated carbocycles. The number of rotatable bonds is 22. The van der Waals surface area contributed by atoms with Crippen molar-refractivity contribution in [3.8, 4) is 0 Å². The van der Waals surface area contributed by atoms with E-state index in [0.717, 1.165) is 147 Å². The highest BCUT2D eigenvalue weighted by Crippen LogP contribution is 2.80. The van der Waals surface area contributed by atoms with E-state index in [-0.39, 0.29) is 97.6 Å². The molecule has 13 nitrogen and oxygen atoms in total. The minimum atomic E-state index is -1.15. The molecule has 2 amide bonds. The Labute approximate surface area is 581 Å². The molecule has 0 spiro atoms. The second-order valence-corrected chi connectivity index (χ2v) is 38.7. The highest BCUT2D eigenvalue weighted by atomic mass is 16.5. The van der Waals surface area contributed by atoms with E-state index in [1.807, 2.05) is 6.92 Å². The molecule has 3 unspecified atom stereocenters. The fourth-order valence-electron chi connectivity index (χ4n) is 26.8. The van der Waals surface area contributed by atoms with Crippen LogP contribution in [0.3, 0.4) is 0 Å². The van der Waals surface area contributed by atoms with Gasteiger partial charge in [-0.15, -0.1) is 0 Å². The van der Waals surface area contributed by atoms with Crippen molar-refractivity contribution in [3.05, 3.63) is 24.3 Å². The Balaban J connectivity index is 0.000000232. The fraction of sp³-hybridized carbons (Fsp3) is 0.880. The van der Waals surface area contributed by atoms with E-state index in [1.165, 1.54) is 31.3 Å². The second kappa shape index (κ2) is 27.6. The number of aliphatic hydroxyl groups is 1. The van der Waals surface area contributed by atoms with Crippen molar-refractivity contribution < 1.29 is 53.9 Å². The van der Waals surface area contributed by atoms with Gasteiger partial charge < -0.3 is 35.8 Å². The SMILES string of the molecule is C=C(C)[C@@H]1CCC2(C(=O)O)CC[C@]3(C)[C@H](CCC4[C@@]5(C)CCC(OC(=O)CC(C)(C)C(=O)O)C(C)(C)[C@@H]5CC[C@]43C)[C@@H]12.C=C(C)[C@@H]1CC[C@]2(C(=O)NCCCCCCCC(=O)N[C@@H](CC(C)C)[C@@H](C)CC(=O)O)CC[C@]3(C)[C@H](CC[C@@H]4[C@@]5(C)CC[C@H](O)C(C)(C)[C@@H]5CC[C@]43C)[C@@H]12. The molecule has 0 aliphatic heterocycles. The fourth-order valence-corrected chi connectivity index (χ4v) is 26.8. The Hall–Kier alpha value is -3.74. The number of hydrogen-bond donors (Lipinski definition) is 6. The number of unbranched alkanes of at least 4 members (excludes halogenated alkanes) is 4. The lowest BCUT2D eigenvalue weighted by Crippen LogP contribution is -2.67. The van der Waals surface area contributed by atoms with Crippen LogP contribution in [0.25, 0.3) is 0 Å². The standard InChI is InChI=1S/C47H80N2O5.C36H56O6/c1-30(2)28-35(32(5)29-40(52)53)49-39(51)16-14-12-11-13-15-27-48-42(54)47-24-19-33(31(3)4)41(47)34-17-18-37-44(8)22-21-38(50)43(6,7)36(44)20-23-46(37,10)45(34,9)25-26-47;1-21(2)22-12-17-36(30(40)41)19-18-34(8)23(28(22)36)10-11-25-33(7)15-14-26(42-27(37)20-31(3,4)29(38)39)32(5,6)24(33)13-16-35(25,34)9/h30,32-38,41,50H,3,11-29H2,1-2,4-10H3,(H,48,54)(H,49,51)(H,52,53);22-26,28H,1,10-20H2,2-9H3,(H,38,39)(H,40,41)/t32-,33-,34+,35-,36-,37+,38-,41+,44-,45+,46+,47-;22-,23+,24-,25?,26?,28+,33-,34+,35+,36?/m00/s1. The molecule has 0 radical (unpaired) electrons. The van der Waals surface area contributed by atoms with Gasteiger partial charge in [0.1, 0.15) is 6.10 Å². The Morgan fingerprint density at radius 3 is 1.55 bits per heavy atom. The van der Waals surface area contributed by atoms with Crippen LogP contribution in [0, 0.1) is 131 Å². The van der Waals surface area contributed by atoms with Crippen molar-refractivity contribution in [1.82, 2.24) is 10.6 Å². The highest BCUT2D eigenvalue weighted by molar-refractivity contribution is 5.84. The molecule has 6 N–H and O–H groups in total. The Morgan fingerprint density at radius 1 is 0.552 bits per heavy atom. The normalized spacial score (nSPS) is 42.2. The van der Waals surface area contributed by atoms with E-state index >= 15 is 0 Å². The number of nitrogens with one attached hydrogen (secondary N) is 2. The molecule has 10 rings (SSSR count). The average Bonchev–Trinajstić information content (AvgIpc) is 1.63. The van der Waals surface area contributed by atoms with E-state index in [0.29, 0.717) is 78.1 Å². The lowest BCUT2D eigenvalue weighted by molar-refractivity contribution is -0.250. The summed E-state index contributed by atoms with van der Waals surface area (Å²) < 4.78 is 6.10. The lowest BCUT2D eigenvalue weighted by Gasteiger charge is -2.72. The predicted octanol–water partition coefficient (Wildman–Crippen LogP) is 18.2. The number of esters is 1. The van der Waals surface area contributed by atoms with Crippen molar-refractivity contribution >= 4 is 35.7 Å². The maximum Gasteiger partial charge on any atom is 0.309 e. The van der Waals surface area contributed by atoms with Gasteiger partial charge in [-0.2, -0.15) is 0 Å². The maximum absolute atomic E-state index is 14.5. The molecular weight excluding hydrogens is 1200 g/mol. The van der Waals surface area contributed by atoms with Gasteiger partial charge in [-0.25, -0.2) is 0 Å². The number of allylic oxidation sites excluding steroid dienone is 2. The zero-order valence-electron chi connectivity index (χ0n) is 63.4. The first-order valence-electron chi connectivity index (χ1n) is 39.0. The number of aliphatic carboxylic acids is 3. The largest absolute Gasteiger partial charge is 0.481 e. The van der Waals surface area contributed by atoms with Crippen molar-refractivity contribution in [2.45, 2.75) is 322 Å². The van der Waals surface area contributed by atoms with Crippen LogP contribution in [-0.4, -0.2) is 80.9 Å². The summed E-state index contributed by atoms with van der Waals surface area (Å²) >= 11 is 0. The summed E-state index contributed by atoms with van der Waals surface area (Å²) in [6.07, 6.45) is 26.5. The van der Waals surface area contributed by atoms with Gasteiger partial charge >= 0.3 is 23.9 Å². The number of carbonyl (C=O) groups is 6. The monoisotopic (exact) mass is 1340 g/mol. The second-order valence-electron chi connectivity index (χ2n) is 38.7. The maximum atomic E-state index is 14.5. The van der Waals surface area contributed by atoms with Gasteiger partial charge in [0.05, 0.1) is 28.8 Å². The zero-order chi connectivity index (χ0) is 71.1. The zero-order valence-corrected chi connectivity index (χ0v) is 63.4. The van der Waals surface area contributed by atoms with Crippen LogP contribution in [0.5, 0.6) is 0 Å². The molecule has 13 heteroatoms. The van der Waals surface area contributed by atoms with Crippen molar-refractivity contribution in [2.75, 3.05) is 6.54 Å². The topological polar surface area (TPSA) is 217 Å². The number of amides is 2. The van der Waals surface area contributed by atoms with Gasteiger partial charge in [-0.1, -0.05) is 134 Å². The predicted molar refractivity (Wildman–Crippen MR) is 381 cm³/mol. The quantitative estimate of drug-likeness (QED) is 0.0340. The molecular formula is C83H136N2O11. The molecule has 0 aromatic rings. The van der Waals surface area contributed by atoms with Gasteiger partial charge in [0.25, 0.3) is 0 Å². The summed E-state index contributed by atoms with van der Waals surface area (Å²) in [6, 6.07) is -0.110. The minimum Gasteiger partial charge on any atom is -0.481 e. The molecule has 0 aromatic carbocycles. The molecule has 10 aliphatic rings. The van der Waals surface area contributed by atoms with Crippen molar-refractivity contribution in [1.29, 1.82) is 0 Å². The minimum absolute atomic E-state index is 0.0225. The molecule has 0 saturated heterocycles. The van der Waals surface area contributed by atoms with E-state index in [1.54, 1.807) is 13.8 Å². The van der Waals surface area contributed by atoms with Gasteiger partial charge in [0.2, 0.25) is 11.8 Å². The Morgan fingerprint density at radius 2 is 1.04 bits per heavy atom. The van der Waals surface area contributed by atoms with Gasteiger partial charge in [-0.3, -0.25) is 28.8 Å². The van der Waals surface area contributed by atoms with Crippen LogP contribution in [0.4, 0.5) is 0 Å². The van der Waals surface area contributed by atoms with Crippen LogP contribution in [0.2, 0.25) is 0 Å². The summed E-state index contributed by atoms with van der Waals surface area (Å²) in [5.74, 6) is 2.14. The van der Waals surface area contributed by atoms with E-state index < -0.39 is 34.7 Å². The molecule has 0 heterocycles. The molecule has 0 aromatic heterocycles. The van der Waals surface area contributed by atoms with Crippen LogP contribution in [-0.2, 0) is 33.5 Å². The first-order valence-corrected chi connectivity index (χ1v) is 39.0. The van der Waals surface area contributed by atoms with Gasteiger partial charge in [0.15, 0.2) is 0 Å². The third-order valence-corrected chi connectivity index (χ3v) is 32.5. The van der Waals surface area contributed by atoms with Crippen molar-refractivity contribution in [3.63, 3.8) is 0 Å². The van der Waals surface area contributed by atoms with Gasteiger partial charge in [-0.05, 0) is 284 Å². The van der Waals surface area contributed by atoms with Crippen LogP contribution >= 0.6 is 0 Å². The number of fused-ring (bicyclic) bond motifs is 14. The van der Waals surface area contributed by atoms with E-state index in [4.69, 9.17) is 4.74 Å². The molecule has 544 valence electrons. The summed E-state index contributed by atoms with van der Waals surface area (Å²) in [7, 11) is 0. The number of ether oxygens (including phenoxy) is 1. The van der Waals surface area contributed by atoms with Crippen LogP contribution < -0.4 is 10.6 Å². The summed E-state index contributed by atoms with van der Waals surface area (Å²) in [5, 5.41) is 47.1. The van der Waals surface area contributed by atoms with E-state index in [9.17, 15) is 49.2 Å².